The summed E-state index contributed by atoms with van der Waals surface area (Å²) in [6, 6.07) is 6.05. The van der Waals surface area contributed by atoms with Crippen molar-refractivity contribution in [2.45, 2.75) is 44.0 Å². The minimum atomic E-state index is -3.67. The lowest BCUT2D eigenvalue weighted by Crippen LogP contribution is -2.26. The average Bonchev–Trinajstić information content (AvgIpc) is 2.35. The van der Waals surface area contributed by atoms with E-state index in [0.29, 0.717) is 6.42 Å². The van der Waals surface area contributed by atoms with Crippen molar-refractivity contribution in [2.75, 3.05) is 0 Å². The van der Waals surface area contributed by atoms with Gasteiger partial charge in [-0.25, -0.2) is 13.6 Å². The van der Waals surface area contributed by atoms with E-state index in [9.17, 15) is 13.2 Å². The van der Waals surface area contributed by atoms with E-state index in [2.05, 4.69) is 5.32 Å². The third-order valence-corrected chi connectivity index (χ3v) is 3.77. The molecule has 1 aromatic carbocycles. The standard InChI is InChI=1S/C13H20N2O3S/c1-3-4-5-13(16)15-10(2)11-6-8-12(9-7-11)19(14,17)18/h6-10H,3-5H2,1-2H3,(H,15,16)(H2,14,17,18). The Kier molecular flexibility index (Phi) is 5.50. The lowest BCUT2D eigenvalue weighted by atomic mass is 10.1. The van der Waals surface area contributed by atoms with Crippen molar-refractivity contribution in [3.63, 3.8) is 0 Å². The number of nitrogens with two attached hydrogens (primary N) is 1. The van der Waals surface area contributed by atoms with Crippen molar-refractivity contribution >= 4 is 15.9 Å². The Balaban J connectivity index is 2.68. The predicted molar refractivity (Wildman–Crippen MR) is 73.9 cm³/mol. The Morgan fingerprint density at radius 3 is 2.37 bits per heavy atom. The van der Waals surface area contributed by atoms with Gasteiger partial charge in [0.25, 0.3) is 0 Å². The normalized spacial score (nSPS) is 13.0. The summed E-state index contributed by atoms with van der Waals surface area (Å²) in [6.45, 7) is 3.89. The van der Waals surface area contributed by atoms with Gasteiger partial charge in [-0.2, -0.15) is 0 Å². The molecule has 1 unspecified atom stereocenters. The predicted octanol–water partition coefficient (Wildman–Crippen LogP) is 1.70. The number of amides is 1. The van der Waals surface area contributed by atoms with Gasteiger partial charge in [0, 0.05) is 6.42 Å². The summed E-state index contributed by atoms with van der Waals surface area (Å²) in [5, 5.41) is 7.89. The smallest absolute Gasteiger partial charge is 0.238 e. The van der Waals surface area contributed by atoms with E-state index in [1.807, 2.05) is 13.8 Å². The quantitative estimate of drug-likeness (QED) is 0.833. The van der Waals surface area contributed by atoms with E-state index in [1.54, 1.807) is 12.1 Å². The first-order valence-corrected chi connectivity index (χ1v) is 7.81. The van der Waals surface area contributed by atoms with Crippen LogP contribution in [0.2, 0.25) is 0 Å². The van der Waals surface area contributed by atoms with Crippen LogP contribution in [0, 0.1) is 0 Å². The highest BCUT2D eigenvalue weighted by Crippen LogP contribution is 2.15. The first-order valence-electron chi connectivity index (χ1n) is 6.26. The molecular formula is C13H20N2O3S. The number of carbonyl (C=O) groups is 1. The highest BCUT2D eigenvalue weighted by Gasteiger charge is 2.11. The summed E-state index contributed by atoms with van der Waals surface area (Å²) in [5.74, 6) is 0.00451. The maximum Gasteiger partial charge on any atom is 0.238 e. The van der Waals surface area contributed by atoms with Gasteiger partial charge < -0.3 is 5.32 Å². The third kappa shape index (κ3) is 5.00. The van der Waals surface area contributed by atoms with Crippen LogP contribution < -0.4 is 10.5 Å². The van der Waals surface area contributed by atoms with Crippen molar-refractivity contribution in [1.82, 2.24) is 5.32 Å². The molecule has 1 aromatic rings. The molecule has 0 radical (unpaired) electrons. The van der Waals surface area contributed by atoms with Crippen LogP contribution in [0.5, 0.6) is 0 Å². The number of benzene rings is 1. The molecule has 0 saturated carbocycles. The second kappa shape index (κ2) is 6.68. The zero-order chi connectivity index (χ0) is 14.5. The van der Waals surface area contributed by atoms with Gasteiger partial charge in [-0.05, 0) is 31.0 Å². The highest BCUT2D eigenvalue weighted by atomic mass is 32.2. The van der Waals surface area contributed by atoms with E-state index in [4.69, 9.17) is 5.14 Å². The van der Waals surface area contributed by atoms with Gasteiger partial charge in [0.1, 0.15) is 0 Å². The average molecular weight is 284 g/mol. The summed E-state index contributed by atoms with van der Waals surface area (Å²) >= 11 is 0. The van der Waals surface area contributed by atoms with Crippen LogP contribution >= 0.6 is 0 Å². The van der Waals surface area contributed by atoms with Gasteiger partial charge in [0.05, 0.1) is 10.9 Å². The molecule has 1 atom stereocenters. The van der Waals surface area contributed by atoms with Gasteiger partial charge in [-0.15, -0.1) is 0 Å². The molecule has 106 valence electrons. The summed E-state index contributed by atoms with van der Waals surface area (Å²) in [4.78, 5) is 11.7. The van der Waals surface area contributed by atoms with Crippen molar-refractivity contribution in [3.8, 4) is 0 Å². The minimum Gasteiger partial charge on any atom is -0.350 e. The molecular weight excluding hydrogens is 264 g/mol. The number of rotatable bonds is 6. The van der Waals surface area contributed by atoms with Crippen LogP contribution in [0.15, 0.2) is 29.2 Å². The fourth-order valence-corrected chi connectivity index (χ4v) is 2.20. The summed E-state index contributed by atoms with van der Waals surface area (Å²) in [7, 11) is -3.67. The second-order valence-corrected chi connectivity index (χ2v) is 6.07. The topological polar surface area (TPSA) is 89.3 Å². The van der Waals surface area contributed by atoms with E-state index in [-0.39, 0.29) is 16.8 Å². The lowest BCUT2D eigenvalue weighted by molar-refractivity contribution is -0.121. The number of nitrogens with one attached hydrogen (secondary N) is 1. The second-order valence-electron chi connectivity index (χ2n) is 4.51. The molecule has 1 amide bonds. The molecule has 0 saturated heterocycles. The number of sulfonamides is 1. The molecule has 0 aliphatic carbocycles. The molecule has 19 heavy (non-hydrogen) atoms. The third-order valence-electron chi connectivity index (χ3n) is 2.84. The van der Waals surface area contributed by atoms with Gasteiger partial charge in [-0.1, -0.05) is 25.5 Å². The number of carbonyl (C=O) groups excluding carboxylic acids is 1. The van der Waals surface area contributed by atoms with Crippen LogP contribution in [0.1, 0.15) is 44.7 Å². The maximum absolute atomic E-state index is 11.6. The number of hydrogen-bond acceptors (Lipinski definition) is 3. The molecule has 0 heterocycles. The molecule has 1 rings (SSSR count). The molecule has 3 N–H and O–H groups in total. The minimum absolute atomic E-state index is 0.00451. The van der Waals surface area contributed by atoms with Crippen molar-refractivity contribution in [2.24, 2.45) is 5.14 Å². The highest BCUT2D eigenvalue weighted by molar-refractivity contribution is 7.89. The zero-order valence-electron chi connectivity index (χ0n) is 11.2. The molecule has 6 heteroatoms. The van der Waals surface area contributed by atoms with Crippen LogP contribution in [0.4, 0.5) is 0 Å². The molecule has 5 nitrogen and oxygen atoms in total. The van der Waals surface area contributed by atoms with E-state index >= 15 is 0 Å². The number of hydrogen-bond donors (Lipinski definition) is 2. The zero-order valence-corrected chi connectivity index (χ0v) is 12.0. The van der Waals surface area contributed by atoms with E-state index in [1.165, 1.54) is 12.1 Å². The number of primary sulfonamides is 1. The van der Waals surface area contributed by atoms with Crippen LogP contribution in [-0.2, 0) is 14.8 Å². The lowest BCUT2D eigenvalue weighted by Gasteiger charge is -2.14. The van der Waals surface area contributed by atoms with Crippen LogP contribution in [-0.4, -0.2) is 14.3 Å². The molecule has 0 aromatic heterocycles. The van der Waals surface area contributed by atoms with Crippen LogP contribution in [0.25, 0.3) is 0 Å². The van der Waals surface area contributed by atoms with Crippen LogP contribution in [0.3, 0.4) is 0 Å². The molecule has 0 bridgehead atoms. The summed E-state index contributed by atoms with van der Waals surface area (Å²) < 4.78 is 22.2. The van der Waals surface area contributed by atoms with Crippen molar-refractivity contribution in [1.29, 1.82) is 0 Å². The fourth-order valence-electron chi connectivity index (χ4n) is 1.68. The first-order chi connectivity index (χ1) is 8.84. The maximum atomic E-state index is 11.6. The number of unbranched alkanes of at least 4 members (excludes halogenated alkanes) is 1. The Labute approximate surface area is 114 Å². The van der Waals surface area contributed by atoms with E-state index < -0.39 is 10.0 Å². The Morgan fingerprint density at radius 2 is 1.89 bits per heavy atom. The fraction of sp³-hybridized carbons (Fsp3) is 0.462. The first kappa shape index (κ1) is 15.7. The monoisotopic (exact) mass is 284 g/mol. The Bertz CT molecular complexity index is 523. The van der Waals surface area contributed by atoms with Crippen molar-refractivity contribution < 1.29 is 13.2 Å². The SMILES string of the molecule is CCCCC(=O)NC(C)c1ccc(S(N)(=O)=O)cc1. The largest absolute Gasteiger partial charge is 0.350 e. The molecule has 0 aliphatic rings. The Morgan fingerprint density at radius 1 is 1.32 bits per heavy atom. The molecule has 0 fully saturated rings. The van der Waals surface area contributed by atoms with Crippen molar-refractivity contribution in [3.05, 3.63) is 29.8 Å². The summed E-state index contributed by atoms with van der Waals surface area (Å²) in [5.41, 5.74) is 0.845. The van der Waals surface area contributed by atoms with Gasteiger partial charge in [-0.3, -0.25) is 4.79 Å². The van der Waals surface area contributed by atoms with Gasteiger partial charge in [0.15, 0.2) is 0 Å². The molecule has 0 aliphatic heterocycles. The van der Waals surface area contributed by atoms with Gasteiger partial charge in [0.2, 0.25) is 15.9 Å². The Hall–Kier alpha value is -1.40. The molecule has 0 spiro atoms. The van der Waals surface area contributed by atoms with E-state index in [0.717, 1.165) is 18.4 Å². The van der Waals surface area contributed by atoms with Gasteiger partial charge >= 0.3 is 0 Å². The summed E-state index contributed by atoms with van der Waals surface area (Å²) in [6.07, 6.45) is 2.35.